The van der Waals surface area contributed by atoms with Gasteiger partial charge in [-0.05, 0) is 49.4 Å². The third kappa shape index (κ3) is 1.46. The molecule has 80 valence electrons. The molecule has 2 aliphatic rings. The van der Waals surface area contributed by atoms with Crippen molar-refractivity contribution in [1.82, 2.24) is 0 Å². The Morgan fingerprint density at radius 3 is 2.27 bits per heavy atom. The highest BCUT2D eigenvalue weighted by atomic mass is 79.9. The first-order chi connectivity index (χ1) is 7.06. The molecule has 3 rings (SSSR count). The molecule has 0 heterocycles. The number of rotatable bonds is 2. The zero-order valence-electron chi connectivity index (χ0n) is 8.39. The maximum atomic E-state index is 6.36. The van der Waals surface area contributed by atoms with Crippen molar-refractivity contribution < 1.29 is 0 Å². The topological polar surface area (TPSA) is 26.0 Å². The third-order valence-electron chi connectivity index (χ3n) is 3.91. The summed E-state index contributed by atoms with van der Waals surface area (Å²) in [6, 6.07) is 6.18. The predicted molar refractivity (Wildman–Crippen MR) is 66.2 cm³/mol. The highest BCUT2D eigenvalue weighted by molar-refractivity contribution is 9.10. The first-order valence-corrected chi connectivity index (χ1v) is 6.48. The summed E-state index contributed by atoms with van der Waals surface area (Å²) in [6.07, 6.45) is 4.76. The zero-order valence-corrected chi connectivity index (χ0v) is 10.7. The van der Waals surface area contributed by atoms with Crippen molar-refractivity contribution in [2.24, 2.45) is 5.73 Å². The van der Waals surface area contributed by atoms with Crippen LogP contribution in [0.25, 0.3) is 0 Å². The maximum absolute atomic E-state index is 6.36. The van der Waals surface area contributed by atoms with E-state index in [2.05, 4.69) is 28.1 Å². The summed E-state index contributed by atoms with van der Waals surface area (Å²) in [4.78, 5) is 0. The lowest BCUT2D eigenvalue weighted by Crippen LogP contribution is -2.37. The SMILES string of the molecule is NC1(C2(c3cc(Cl)cc(Br)c3)CC2)CC1. The number of nitrogens with two attached hydrogens (primary N) is 1. The highest BCUT2D eigenvalue weighted by Gasteiger charge is 2.64. The van der Waals surface area contributed by atoms with Crippen LogP contribution < -0.4 is 5.73 Å². The monoisotopic (exact) mass is 285 g/mol. The molecule has 0 amide bonds. The fourth-order valence-electron chi connectivity index (χ4n) is 2.64. The van der Waals surface area contributed by atoms with Crippen molar-refractivity contribution in [3.05, 3.63) is 33.3 Å². The third-order valence-corrected chi connectivity index (χ3v) is 4.58. The summed E-state index contributed by atoms with van der Waals surface area (Å²) in [6.45, 7) is 0. The van der Waals surface area contributed by atoms with Crippen LogP contribution in [-0.2, 0) is 5.41 Å². The van der Waals surface area contributed by atoms with Crippen molar-refractivity contribution in [3.8, 4) is 0 Å². The van der Waals surface area contributed by atoms with Gasteiger partial charge in [0.25, 0.3) is 0 Å². The number of halogens is 2. The molecular weight excluding hydrogens is 273 g/mol. The Morgan fingerprint density at radius 1 is 1.13 bits per heavy atom. The van der Waals surface area contributed by atoms with E-state index >= 15 is 0 Å². The van der Waals surface area contributed by atoms with Crippen molar-refractivity contribution in [2.45, 2.75) is 36.6 Å². The molecule has 0 saturated heterocycles. The molecule has 2 aliphatic carbocycles. The summed E-state index contributed by atoms with van der Waals surface area (Å²) in [5.74, 6) is 0. The van der Waals surface area contributed by atoms with E-state index in [0.29, 0.717) is 0 Å². The highest BCUT2D eigenvalue weighted by Crippen LogP contribution is 2.63. The van der Waals surface area contributed by atoms with Crippen molar-refractivity contribution >= 4 is 27.5 Å². The summed E-state index contributed by atoms with van der Waals surface area (Å²) >= 11 is 9.58. The van der Waals surface area contributed by atoms with Gasteiger partial charge in [0.15, 0.2) is 0 Å². The minimum absolute atomic E-state index is 0.0666. The Balaban J connectivity index is 2.06. The molecule has 0 bridgehead atoms. The van der Waals surface area contributed by atoms with Crippen LogP contribution in [0.3, 0.4) is 0 Å². The van der Waals surface area contributed by atoms with Gasteiger partial charge >= 0.3 is 0 Å². The number of hydrogen-bond acceptors (Lipinski definition) is 1. The number of benzene rings is 1. The molecule has 2 fully saturated rings. The molecule has 2 saturated carbocycles. The van der Waals surface area contributed by atoms with Gasteiger partial charge in [-0.3, -0.25) is 0 Å². The molecular formula is C12H13BrClN. The normalized spacial score (nSPS) is 25.0. The Kier molecular flexibility index (Phi) is 2.02. The summed E-state index contributed by atoms with van der Waals surface area (Å²) in [5, 5.41) is 0.801. The van der Waals surface area contributed by atoms with Gasteiger partial charge in [-0.15, -0.1) is 0 Å². The lowest BCUT2D eigenvalue weighted by molar-refractivity contribution is 0.503. The fourth-order valence-corrected chi connectivity index (χ4v) is 3.50. The minimum Gasteiger partial charge on any atom is -0.324 e. The Bertz CT molecular complexity index is 401. The van der Waals surface area contributed by atoms with Crippen LogP contribution in [0.4, 0.5) is 0 Å². The van der Waals surface area contributed by atoms with E-state index in [-0.39, 0.29) is 11.0 Å². The van der Waals surface area contributed by atoms with Gasteiger partial charge in [-0.25, -0.2) is 0 Å². The second-order valence-electron chi connectivity index (χ2n) is 4.90. The zero-order chi connectivity index (χ0) is 10.7. The molecule has 0 unspecified atom stereocenters. The van der Waals surface area contributed by atoms with E-state index in [1.807, 2.05) is 6.07 Å². The lowest BCUT2D eigenvalue weighted by Gasteiger charge is -2.23. The van der Waals surface area contributed by atoms with Gasteiger partial charge in [0.05, 0.1) is 0 Å². The lowest BCUT2D eigenvalue weighted by atomic mass is 9.86. The second kappa shape index (κ2) is 2.99. The van der Waals surface area contributed by atoms with Gasteiger partial charge in [0.1, 0.15) is 0 Å². The first-order valence-electron chi connectivity index (χ1n) is 5.31. The molecule has 1 aromatic rings. The molecule has 0 radical (unpaired) electrons. The van der Waals surface area contributed by atoms with Crippen LogP contribution in [0.2, 0.25) is 5.02 Å². The molecule has 3 heteroatoms. The molecule has 1 aromatic carbocycles. The van der Waals surface area contributed by atoms with E-state index in [0.717, 1.165) is 22.3 Å². The van der Waals surface area contributed by atoms with Crippen LogP contribution in [0.1, 0.15) is 31.2 Å². The smallest absolute Gasteiger partial charge is 0.0420 e. The van der Waals surface area contributed by atoms with Crippen molar-refractivity contribution in [2.75, 3.05) is 0 Å². The van der Waals surface area contributed by atoms with Crippen LogP contribution in [0, 0.1) is 0 Å². The minimum atomic E-state index is 0.0666. The number of hydrogen-bond donors (Lipinski definition) is 1. The van der Waals surface area contributed by atoms with E-state index < -0.39 is 0 Å². The van der Waals surface area contributed by atoms with Crippen LogP contribution in [0.15, 0.2) is 22.7 Å². The van der Waals surface area contributed by atoms with Crippen molar-refractivity contribution in [3.63, 3.8) is 0 Å². The molecule has 0 aliphatic heterocycles. The Hall–Kier alpha value is -0.0500. The fraction of sp³-hybridized carbons (Fsp3) is 0.500. The molecule has 1 nitrogen and oxygen atoms in total. The molecule has 0 spiro atoms. The first kappa shape index (κ1) is 10.1. The van der Waals surface area contributed by atoms with Crippen molar-refractivity contribution in [1.29, 1.82) is 0 Å². The van der Waals surface area contributed by atoms with Gasteiger partial charge in [0, 0.05) is 20.4 Å². The molecule has 2 N–H and O–H groups in total. The van der Waals surface area contributed by atoms with Gasteiger partial charge in [-0.2, -0.15) is 0 Å². The van der Waals surface area contributed by atoms with E-state index in [9.17, 15) is 0 Å². The average molecular weight is 287 g/mol. The quantitative estimate of drug-likeness (QED) is 0.883. The summed E-state index contributed by atoms with van der Waals surface area (Å²) in [7, 11) is 0. The van der Waals surface area contributed by atoms with E-state index in [1.165, 1.54) is 18.4 Å². The predicted octanol–water partition coefficient (Wildman–Crippen LogP) is 3.63. The van der Waals surface area contributed by atoms with E-state index in [1.54, 1.807) is 0 Å². The van der Waals surface area contributed by atoms with Crippen LogP contribution >= 0.6 is 27.5 Å². The summed E-state index contributed by atoms with van der Waals surface area (Å²) in [5.41, 5.74) is 7.98. The van der Waals surface area contributed by atoms with Gasteiger partial charge < -0.3 is 5.73 Å². The second-order valence-corrected chi connectivity index (χ2v) is 6.25. The average Bonchev–Trinajstić information content (AvgIpc) is 2.96. The summed E-state index contributed by atoms with van der Waals surface area (Å²) < 4.78 is 1.06. The molecule has 0 aromatic heterocycles. The Labute approximate surface area is 103 Å². The largest absolute Gasteiger partial charge is 0.324 e. The van der Waals surface area contributed by atoms with E-state index in [4.69, 9.17) is 17.3 Å². The van der Waals surface area contributed by atoms with Gasteiger partial charge in [-0.1, -0.05) is 27.5 Å². The molecule has 0 atom stereocenters. The standard InChI is InChI=1S/C12H13BrClN/c13-9-5-8(6-10(14)7-9)11(1-2-11)12(15)3-4-12/h5-7H,1-4,15H2. The Morgan fingerprint density at radius 2 is 1.80 bits per heavy atom. The van der Waals surface area contributed by atoms with Crippen LogP contribution in [-0.4, -0.2) is 5.54 Å². The molecule has 15 heavy (non-hydrogen) atoms. The van der Waals surface area contributed by atoms with Gasteiger partial charge in [0.2, 0.25) is 0 Å². The maximum Gasteiger partial charge on any atom is 0.0420 e. The van der Waals surface area contributed by atoms with Crippen LogP contribution in [0.5, 0.6) is 0 Å².